The molecule has 146 valence electrons. The smallest absolute Gasteiger partial charge is 0.219 e. The van der Waals surface area contributed by atoms with E-state index in [-0.39, 0.29) is 0 Å². The van der Waals surface area contributed by atoms with Crippen molar-refractivity contribution in [2.24, 2.45) is 4.99 Å². The number of nitrogens with zero attached hydrogens (tertiary/aromatic N) is 2. The first kappa shape index (κ1) is 20.5. The summed E-state index contributed by atoms with van der Waals surface area (Å²) in [5, 5.41) is 6.52. The van der Waals surface area contributed by atoms with Crippen LogP contribution in [0.3, 0.4) is 0 Å². The third-order valence-electron chi connectivity index (χ3n) is 3.71. The molecule has 1 heterocycles. The van der Waals surface area contributed by atoms with E-state index in [2.05, 4.69) is 20.6 Å². The molecule has 0 fully saturated rings. The fourth-order valence-corrected chi connectivity index (χ4v) is 2.29. The second-order valence-corrected chi connectivity index (χ2v) is 5.69. The third-order valence-corrected chi connectivity index (χ3v) is 3.71. The number of guanidine groups is 1. The van der Waals surface area contributed by atoms with Gasteiger partial charge in [0, 0.05) is 51.7 Å². The van der Waals surface area contributed by atoms with Gasteiger partial charge in [0.15, 0.2) is 5.96 Å². The molecule has 2 N–H and O–H groups in total. The van der Waals surface area contributed by atoms with E-state index >= 15 is 0 Å². The van der Waals surface area contributed by atoms with Crippen molar-refractivity contribution in [3.8, 4) is 17.4 Å². The first-order valence-electron chi connectivity index (χ1n) is 9.04. The van der Waals surface area contributed by atoms with E-state index in [0.717, 1.165) is 43.5 Å². The van der Waals surface area contributed by atoms with Gasteiger partial charge >= 0.3 is 0 Å². The van der Waals surface area contributed by atoms with Gasteiger partial charge in [-0.15, -0.1) is 0 Å². The SMILES string of the molecule is CCOCCCNC(=NC)NCc1ccc(Oc2cccc(OC)c2)nc1. The number of aromatic nitrogens is 1. The monoisotopic (exact) mass is 372 g/mol. The largest absolute Gasteiger partial charge is 0.497 e. The highest BCUT2D eigenvalue weighted by Gasteiger charge is 2.02. The third kappa shape index (κ3) is 7.53. The summed E-state index contributed by atoms with van der Waals surface area (Å²) < 4.78 is 16.3. The summed E-state index contributed by atoms with van der Waals surface area (Å²) in [4.78, 5) is 8.56. The molecule has 0 saturated heterocycles. The lowest BCUT2D eigenvalue weighted by Gasteiger charge is -2.12. The molecule has 0 atom stereocenters. The van der Waals surface area contributed by atoms with Crippen LogP contribution < -0.4 is 20.1 Å². The Kier molecular flexibility index (Phi) is 8.92. The van der Waals surface area contributed by atoms with Crippen LogP contribution in [-0.4, -0.2) is 44.9 Å². The van der Waals surface area contributed by atoms with E-state index in [4.69, 9.17) is 14.2 Å². The van der Waals surface area contributed by atoms with Crippen molar-refractivity contribution in [2.45, 2.75) is 19.9 Å². The van der Waals surface area contributed by atoms with Gasteiger partial charge in [0.25, 0.3) is 0 Å². The maximum absolute atomic E-state index is 5.75. The standard InChI is InChI=1S/C20H28N4O3/c1-4-26-12-6-11-22-20(21-2)24-15-16-9-10-19(23-14-16)27-18-8-5-7-17(13-18)25-3/h5,7-10,13-14H,4,6,11-12,15H2,1-3H3,(H2,21,22,24). The Labute approximate surface area is 160 Å². The normalized spacial score (nSPS) is 11.1. The lowest BCUT2D eigenvalue weighted by molar-refractivity contribution is 0.145. The fourth-order valence-electron chi connectivity index (χ4n) is 2.29. The van der Waals surface area contributed by atoms with E-state index < -0.39 is 0 Å². The van der Waals surface area contributed by atoms with Gasteiger partial charge < -0.3 is 24.8 Å². The number of rotatable bonds is 10. The number of nitrogens with one attached hydrogen (secondary N) is 2. The average Bonchev–Trinajstić information content (AvgIpc) is 2.71. The highest BCUT2D eigenvalue weighted by molar-refractivity contribution is 5.79. The molecule has 0 aliphatic rings. The Balaban J connectivity index is 1.79. The zero-order chi connectivity index (χ0) is 19.3. The number of hydrogen-bond acceptors (Lipinski definition) is 5. The molecule has 1 aromatic carbocycles. The lowest BCUT2D eigenvalue weighted by atomic mass is 10.3. The van der Waals surface area contributed by atoms with Gasteiger partial charge in [-0.05, 0) is 31.0 Å². The van der Waals surface area contributed by atoms with Gasteiger partial charge in [-0.2, -0.15) is 0 Å². The van der Waals surface area contributed by atoms with Crippen LogP contribution in [-0.2, 0) is 11.3 Å². The summed E-state index contributed by atoms with van der Waals surface area (Å²) >= 11 is 0. The quantitative estimate of drug-likeness (QED) is 0.379. The Hall–Kier alpha value is -2.80. The molecular weight excluding hydrogens is 344 g/mol. The Morgan fingerprint density at radius 3 is 2.70 bits per heavy atom. The highest BCUT2D eigenvalue weighted by Crippen LogP contribution is 2.23. The van der Waals surface area contributed by atoms with Gasteiger partial charge in [-0.25, -0.2) is 4.98 Å². The molecule has 0 amide bonds. The summed E-state index contributed by atoms with van der Waals surface area (Å²) in [6, 6.07) is 11.2. The first-order chi connectivity index (χ1) is 13.2. The van der Waals surface area contributed by atoms with Gasteiger partial charge in [-0.3, -0.25) is 4.99 Å². The second-order valence-electron chi connectivity index (χ2n) is 5.69. The summed E-state index contributed by atoms with van der Waals surface area (Å²) in [5.74, 6) is 2.71. The molecule has 0 unspecified atom stereocenters. The van der Waals surface area contributed by atoms with Crippen molar-refractivity contribution < 1.29 is 14.2 Å². The maximum atomic E-state index is 5.75. The molecule has 0 bridgehead atoms. The number of methoxy groups -OCH3 is 1. The van der Waals surface area contributed by atoms with Crippen molar-refractivity contribution in [2.75, 3.05) is 33.9 Å². The lowest BCUT2D eigenvalue weighted by Crippen LogP contribution is -2.37. The van der Waals surface area contributed by atoms with E-state index in [1.165, 1.54) is 0 Å². The van der Waals surface area contributed by atoms with Crippen LogP contribution in [0.4, 0.5) is 0 Å². The number of aliphatic imine (C=N–C) groups is 1. The molecular formula is C20H28N4O3. The van der Waals surface area contributed by atoms with Crippen LogP contribution in [0.1, 0.15) is 18.9 Å². The van der Waals surface area contributed by atoms with Crippen LogP contribution in [0, 0.1) is 0 Å². The summed E-state index contributed by atoms with van der Waals surface area (Å²) in [6.07, 6.45) is 2.72. The molecule has 0 radical (unpaired) electrons. The summed E-state index contributed by atoms with van der Waals surface area (Å²) in [5.41, 5.74) is 1.03. The Morgan fingerprint density at radius 1 is 1.15 bits per heavy atom. The van der Waals surface area contributed by atoms with Gasteiger partial charge in [0.1, 0.15) is 11.5 Å². The highest BCUT2D eigenvalue weighted by atomic mass is 16.5. The summed E-state index contributed by atoms with van der Waals surface area (Å²) in [7, 11) is 3.38. The Morgan fingerprint density at radius 2 is 2.00 bits per heavy atom. The first-order valence-corrected chi connectivity index (χ1v) is 9.04. The second kappa shape index (κ2) is 11.7. The van der Waals surface area contributed by atoms with Crippen molar-refractivity contribution in [1.82, 2.24) is 15.6 Å². The van der Waals surface area contributed by atoms with Crippen molar-refractivity contribution in [3.63, 3.8) is 0 Å². The molecule has 0 aliphatic heterocycles. The summed E-state index contributed by atoms with van der Waals surface area (Å²) in [6.45, 7) is 4.93. The predicted octanol–water partition coefficient (Wildman–Crippen LogP) is 2.97. The predicted molar refractivity (Wildman–Crippen MR) is 107 cm³/mol. The molecule has 7 heteroatoms. The van der Waals surface area contributed by atoms with E-state index in [0.29, 0.717) is 18.2 Å². The average molecular weight is 372 g/mol. The molecule has 1 aromatic heterocycles. The topological polar surface area (TPSA) is 77.0 Å². The van der Waals surface area contributed by atoms with E-state index in [1.807, 2.05) is 43.3 Å². The number of pyridine rings is 1. The van der Waals surface area contributed by atoms with Crippen LogP contribution in [0.15, 0.2) is 47.6 Å². The molecule has 7 nitrogen and oxygen atoms in total. The van der Waals surface area contributed by atoms with Gasteiger partial charge in [0.05, 0.1) is 7.11 Å². The van der Waals surface area contributed by atoms with Crippen molar-refractivity contribution in [1.29, 1.82) is 0 Å². The minimum absolute atomic E-state index is 0.533. The zero-order valence-corrected chi connectivity index (χ0v) is 16.2. The van der Waals surface area contributed by atoms with Crippen LogP contribution in [0.2, 0.25) is 0 Å². The Bertz CT molecular complexity index is 705. The minimum atomic E-state index is 0.533. The van der Waals surface area contributed by atoms with Crippen LogP contribution in [0.5, 0.6) is 17.4 Å². The number of hydrogen-bond donors (Lipinski definition) is 2. The number of benzene rings is 1. The molecule has 2 aromatic rings. The minimum Gasteiger partial charge on any atom is -0.497 e. The number of ether oxygens (including phenoxy) is 3. The molecule has 2 rings (SSSR count). The molecule has 0 saturated carbocycles. The van der Waals surface area contributed by atoms with Gasteiger partial charge in [0.2, 0.25) is 5.88 Å². The zero-order valence-electron chi connectivity index (χ0n) is 16.2. The molecule has 0 aliphatic carbocycles. The van der Waals surface area contributed by atoms with Crippen LogP contribution in [0.25, 0.3) is 0 Å². The molecule has 0 spiro atoms. The van der Waals surface area contributed by atoms with Gasteiger partial charge in [-0.1, -0.05) is 12.1 Å². The maximum Gasteiger partial charge on any atom is 0.219 e. The fraction of sp³-hybridized carbons (Fsp3) is 0.400. The van der Waals surface area contributed by atoms with Crippen LogP contribution >= 0.6 is 0 Å². The van der Waals surface area contributed by atoms with Crippen molar-refractivity contribution in [3.05, 3.63) is 48.2 Å². The van der Waals surface area contributed by atoms with Crippen molar-refractivity contribution >= 4 is 5.96 Å². The van der Waals surface area contributed by atoms with E-state index in [9.17, 15) is 0 Å². The van der Waals surface area contributed by atoms with E-state index in [1.54, 1.807) is 20.4 Å². The molecule has 27 heavy (non-hydrogen) atoms.